The van der Waals surface area contributed by atoms with Crippen molar-refractivity contribution in [1.82, 2.24) is 0 Å². The molecule has 9 nitrogen and oxygen atoms in total. The summed E-state index contributed by atoms with van der Waals surface area (Å²) in [7, 11) is 0. The smallest absolute Gasteiger partial charge is 0.249 e. The maximum absolute atomic E-state index is 11.4. The topological polar surface area (TPSA) is 144 Å². The predicted molar refractivity (Wildman–Crippen MR) is 68.1 cm³/mol. The molecule has 0 saturated heterocycles. The molecule has 0 unspecified atom stereocenters. The van der Waals surface area contributed by atoms with E-state index >= 15 is 0 Å². The van der Waals surface area contributed by atoms with Crippen LogP contribution >= 0.6 is 12.2 Å². The summed E-state index contributed by atoms with van der Waals surface area (Å²) in [5.74, 6) is -1.81. The lowest BCUT2D eigenvalue weighted by Crippen LogP contribution is -1.99. The number of hydrogen-bond acceptors (Lipinski definition) is 4. The van der Waals surface area contributed by atoms with Gasteiger partial charge in [-0.2, -0.15) is 4.99 Å². The van der Waals surface area contributed by atoms with Gasteiger partial charge in [-0.25, -0.2) is 0 Å². The van der Waals surface area contributed by atoms with Crippen LogP contribution in [-0.4, -0.2) is 17.0 Å². The van der Waals surface area contributed by atoms with Gasteiger partial charge in [-0.15, -0.1) is 0 Å². The quantitative estimate of drug-likeness (QED) is 0.273. The highest BCUT2D eigenvalue weighted by atomic mass is 32.1. The zero-order valence-corrected chi connectivity index (χ0v) is 9.90. The lowest BCUT2D eigenvalue weighted by molar-refractivity contribution is 0.0999. The van der Waals surface area contributed by atoms with Crippen LogP contribution in [0.5, 0.6) is 0 Å². The number of nitrogens with zero attached hydrogens (tertiary/aromatic N) is 7. The molecule has 0 fully saturated rings. The number of carbonyl (C=O) groups is 2. The Morgan fingerprint density at radius 2 is 1.53 bits per heavy atom. The molecule has 0 aliphatic rings. The van der Waals surface area contributed by atoms with E-state index in [0.717, 1.165) is 6.07 Å². The van der Waals surface area contributed by atoms with E-state index in [1.807, 2.05) is 0 Å². The van der Waals surface area contributed by atoms with Crippen molar-refractivity contribution < 1.29 is 9.59 Å². The second kappa shape index (κ2) is 6.65. The monoisotopic (exact) mass is 273 g/mol. The molecule has 1 aromatic carbocycles. The highest BCUT2D eigenvalue weighted by Gasteiger charge is 2.11. The maximum Gasteiger partial charge on any atom is 0.249 e. The number of isothiocyanates is 1. The number of azide groups is 2. The van der Waals surface area contributed by atoms with E-state index in [4.69, 9.17) is 11.1 Å². The molecule has 0 aliphatic carbocycles. The minimum absolute atomic E-state index is 0.0826. The summed E-state index contributed by atoms with van der Waals surface area (Å²) in [6.45, 7) is 0. The molecule has 0 radical (unpaired) electrons. The third-order valence-electron chi connectivity index (χ3n) is 1.86. The van der Waals surface area contributed by atoms with E-state index in [1.54, 1.807) is 0 Å². The molecular weight excluding hydrogens is 270 g/mol. The first-order valence-electron chi connectivity index (χ1n) is 4.54. The van der Waals surface area contributed by atoms with E-state index < -0.39 is 11.8 Å². The molecule has 0 aliphatic heterocycles. The van der Waals surface area contributed by atoms with Crippen molar-refractivity contribution in [3.63, 3.8) is 0 Å². The van der Waals surface area contributed by atoms with Crippen LogP contribution in [0.4, 0.5) is 5.69 Å². The minimum atomic E-state index is -0.904. The van der Waals surface area contributed by atoms with E-state index in [9.17, 15) is 9.59 Å². The molecule has 0 atom stereocenters. The second-order valence-corrected chi connectivity index (χ2v) is 3.14. The summed E-state index contributed by atoms with van der Waals surface area (Å²) in [5.41, 5.74) is 16.3. The van der Waals surface area contributed by atoms with Crippen molar-refractivity contribution in [2.75, 3.05) is 0 Å². The predicted octanol–water partition coefficient (Wildman–Crippen LogP) is 3.32. The van der Waals surface area contributed by atoms with Gasteiger partial charge in [0.15, 0.2) is 0 Å². The largest absolute Gasteiger partial charge is 0.287 e. The summed E-state index contributed by atoms with van der Waals surface area (Å²) >= 11 is 4.40. The fraction of sp³-hybridized carbons (Fsp3) is 0. The summed E-state index contributed by atoms with van der Waals surface area (Å²) in [5, 5.41) is 7.82. The van der Waals surface area contributed by atoms with Crippen LogP contribution in [-0.2, 0) is 0 Å². The summed E-state index contributed by atoms with van der Waals surface area (Å²) in [4.78, 5) is 31.1. The van der Waals surface area contributed by atoms with Crippen LogP contribution in [0.2, 0.25) is 0 Å². The molecule has 2 amide bonds. The number of thiocarbonyl (C=S) groups is 1. The van der Waals surface area contributed by atoms with Gasteiger partial charge in [0, 0.05) is 21.0 Å². The van der Waals surface area contributed by atoms with E-state index in [-0.39, 0.29) is 16.8 Å². The number of aliphatic imine (C=N–C) groups is 1. The highest BCUT2D eigenvalue weighted by molar-refractivity contribution is 7.78. The highest BCUT2D eigenvalue weighted by Crippen LogP contribution is 2.19. The van der Waals surface area contributed by atoms with Crippen LogP contribution in [0.3, 0.4) is 0 Å². The van der Waals surface area contributed by atoms with Gasteiger partial charge in [-0.05, 0) is 51.7 Å². The molecule has 0 spiro atoms. The van der Waals surface area contributed by atoms with Crippen molar-refractivity contribution in [2.45, 2.75) is 0 Å². The van der Waals surface area contributed by atoms with Crippen molar-refractivity contribution >= 4 is 34.9 Å². The first-order valence-corrected chi connectivity index (χ1v) is 4.95. The second-order valence-electron chi connectivity index (χ2n) is 2.96. The molecule has 10 heteroatoms. The lowest BCUT2D eigenvalue weighted by atomic mass is 10.1. The van der Waals surface area contributed by atoms with Crippen molar-refractivity contribution in [1.29, 1.82) is 0 Å². The van der Waals surface area contributed by atoms with Gasteiger partial charge in [0.1, 0.15) is 0 Å². The van der Waals surface area contributed by atoms with Crippen molar-refractivity contribution in [3.8, 4) is 0 Å². The zero-order valence-electron chi connectivity index (χ0n) is 9.09. The normalized spacial score (nSPS) is 8.42. The average molecular weight is 273 g/mol. The third kappa shape index (κ3) is 3.74. The average Bonchev–Trinajstić information content (AvgIpc) is 2.39. The van der Waals surface area contributed by atoms with E-state index in [1.165, 1.54) is 12.1 Å². The Morgan fingerprint density at radius 3 is 1.89 bits per heavy atom. The molecular formula is C9H3N7O2S. The van der Waals surface area contributed by atoms with E-state index in [2.05, 4.69) is 42.4 Å². The Morgan fingerprint density at radius 1 is 1.05 bits per heavy atom. The summed E-state index contributed by atoms with van der Waals surface area (Å²) < 4.78 is 0. The zero-order chi connectivity index (χ0) is 14.3. The minimum Gasteiger partial charge on any atom is -0.287 e. The summed E-state index contributed by atoms with van der Waals surface area (Å²) in [6.07, 6.45) is 0. The molecule has 19 heavy (non-hydrogen) atoms. The fourth-order valence-corrected chi connectivity index (χ4v) is 1.28. The van der Waals surface area contributed by atoms with Crippen LogP contribution in [0, 0.1) is 0 Å². The van der Waals surface area contributed by atoms with Crippen molar-refractivity contribution in [3.05, 3.63) is 50.2 Å². The molecule has 92 valence electrons. The van der Waals surface area contributed by atoms with Crippen LogP contribution < -0.4 is 0 Å². The Kier molecular flexibility index (Phi) is 4.92. The third-order valence-corrected chi connectivity index (χ3v) is 1.95. The van der Waals surface area contributed by atoms with Gasteiger partial charge in [0.05, 0.1) is 10.8 Å². The molecule has 0 heterocycles. The molecule has 0 saturated carbocycles. The standard InChI is InChI=1S/C9H3N7O2S/c10-15-13-8(17)5-1-6(9(18)14-16-11)3-7(2-5)12-4-19/h1-3H. The van der Waals surface area contributed by atoms with E-state index in [0.29, 0.717) is 0 Å². The Bertz CT molecular complexity index is 646. The van der Waals surface area contributed by atoms with Gasteiger partial charge >= 0.3 is 0 Å². The molecule has 1 aromatic rings. The van der Waals surface area contributed by atoms with Gasteiger partial charge in [0.25, 0.3) is 0 Å². The van der Waals surface area contributed by atoms with Gasteiger partial charge < -0.3 is 0 Å². The summed E-state index contributed by atoms with van der Waals surface area (Å²) in [6, 6.07) is 3.63. The molecule has 0 aromatic heterocycles. The Balaban J connectivity index is 3.44. The van der Waals surface area contributed by atoms with Gasteiger partial charge in [-0.3, -0.25) is 9.59 Å². The number of hydrogen-bond donors (Lipinski definition) is 0. The Hall–Kier alpha value is -3.02. The number of rotatable bonds is 3. The first-order chi connectivity index (χ1) is 9.12. The molecule has 1 rings (SSSR count). The van der Waals surface area contributed by atoms with Crippen LogP contribution in [0.25, 0.3) is 20.9 Å². The van der Waals surface area contributed by atoms with Crippen LogP contribution in [0.1, 0.15) is 20.7 Å². The van der Waals surface area contributed by atoms with Crippen molar-refractivity contribution in [2.24, 2.45) is 15.2 Å². The fourth-order valence-electron chi connectivity index (χ4n) is 1.17. The first kappa shape index (κ1) is 14.0. The lowest BCUT2D eigenvalue weighted by Gasteiger charge is -2.01. The SMILES string of the molecule is [N-]=[N+]=NC(=O)c1cc(N=C=S)cc(C(=O)N=[N+]=[N-])c1. The maximum atomic E-state index is 11.4. The van der Waals surface area contributed by atoms with Crippen LogP contribution in [0.15, 0.2) is 33.4 Å². The Labute approximate surface area is 110 Å². The number of benzene rings is 1. The molecule has 0 bridgehead atoms. The van der Waals surface area contributed by atoms with Gasteiger partial charge in [0.2, 0.25) is 11.8 Å². The number of amides is 2. The number of carbonyl (C=O) groups excluding carboxylic acids is 2. The van der Waals surface area contributed by atoms with Gasteiger partial charge in [-0.1, -0.05) is 0 Å². The molecule has 0 N–H and O–H groups in total.